The summed E-state index contributed by atoms with van der Waals surface area (Å²) in [6.45, 7) is 1.10. The standard InChI is InChI=1S/C19H29N3O5S/c1-22(14-18(23)21-19(24)20-15-7-3-4-8-15)11-6-12-27-16-9-5-10-17(13-16)28(2,25)26/h5,9-10,13,15H,3-4,6-8,11-12,14H2,1-2H3,(H2,20,21,23,24). The molecule has 1 aliphatic rings. The highest BCUT2D eigenvalue weighted by Crippen LogP contribution is 2.18. The van der Waals surface area contributed by atoms with Gasteiger partial charge in [0, 0.05) is 18.8 Å². The Hall–Kier alpha value is -2.13. The van der Waals surface area contributed by atoms with Crippen LogP contribution in [-0.4, -0.2) is 64.3 Å². The van der Waals surface area contributed by atoms with Crippen LogP contribution in [0.2, 0.25) is 0 Å². The molecule has 8 nitrogen and oxygen atoms in total. The Labute approximate surface area is 166 Å². The third-order valence-corrected chi connectivity index (χ3v) is 5.65. The lowest BCUT2D eigenvalue weighted by atomic mass is 10.2. The van der Waals surface area contributed by atoms with Crippen molar-refractivity contribution >= 4 is 21.8 Å². The van der Waals surface area contributed by atoms with Crippen molar-refractivity contribution in [1.82, 2.24) is 15.5 Å². The third-order valence-electron chi connectivity index (χ3n) is 4.54. The fourth-order valence-corrected chi connectivity index (χ4v) is 3.76. The highest BCUT2D eigenvalue weighted by atomic mass is 32.2. The number of carbonyl (C=O) groups is 2. The lowest BCUT2D eigenvalue weighted by Crippen LogP contribution is -2.46. The van der Waals surface area contributed by atoms with E-state index in [1.165, 1.54) is 12.1 Å². The first-order valence-corrected chi connectivity index (χ1v) is 11.3. The number of nitrogens with one attached hydrogen (secondary N) is 2. The highest BCUT2D eigenvalue weighted by molar-refractivity contribution is 7.90. The second-order valence-corrected chi connectivity index (χ2v) is 9.21. The number of benzene rings is 1. The molecule has 1 aromatic carbocycles. The lowest BCUT2D eigenvalue weighted by molar-refractivity contribution is -0.120. The number of nitrogens with zero attached hydrogens (tertiary/aromatic N) is 1. The second kappa shape index (κ2) is 10.4. The zero-order valence-corrected chi connectivity index (χ0v) is 17.3. The van der Waals surface area contributed by atoms with Crippen LogP contribution in [0.4, 0.5) is 4.79 Å². The van der Waals surface area contributed by atoms with Gasteiger partial charge in [0.05, 0.1) is 18.0 Å². The van der Waals surface area contributed by atoms with E-state index >= 15 is 0 Å². The predicted molar refractivity (Wildman–Crippen MR) is 106 cm³/mol. The number of amides is 3. The molecule has 1 saturated carbocycles. The van der Waals surface area contributed by atoms with Gasteiger partial charge in [-0.25, -0.2) is 13.2 Å². The number of carbonyl (C=O) groups excluding carboxylic acids is 2. The largest absolute Gasteiger partial charge is 0.494 e. The van der Waals surface area contributed by atoms with E-state index in [4.69, 9.17) is 4.74 Å². The van der Waals surface area contributed by atoms with Gasteiger partial charge in [0.1, 0.15) is 5.75 Å². The number of rotatable bonds is 9. The number of hydrogen-bond acceptors (Lipinski definition) is 6. The molecule has 2 N–H and O–H groups in total. The lowest BCUT2D eigenvalue weighted by Gasteiger charge is -2.17. The minimum Gasteiger partial charge on any atom is -0.494 e. The van der Waals surface area contributed by atoms with Crippen LogP contribution in [0, 0.1) is 0 Å². The second-order valence-electron chi connectivity index (χ2n) is 7.19. The van der Waals surface area contributed by atoms with Gasteiger partial charge >= 0.3 is 6.03 Å². The quantitative estimate of drug-likeness (QED) is 0.598. The molecule has 0 atom stereocenters. The first kappa shape index (κ1) is 22.2. The van der Waals surface area contributed by atoms with E-state index in [9.17, 15) is 18.0 Å². The summed E-state index contributed by atoms with van der Waals surface area (Å²) in [7, 11) is -1.48. The zero-order chi connectivity index (χ0) is 20.6. The van der Waals surface area contributed by atoms with Gasteiger partial charge in [-0.2, -0.15) is 0 Å². The summed E-state index contributed by atoms with van der Waals surface area (Å²) >= 11 is 0. The number of hydrogen-bond donors (Lipinski definition) is 2. The molecule has 1 fully saturated rings. The van der Waals surface area contributed by atoms with Crippen LogP contribution >= 0.6 is 0 Å². The van der Waals surface area contributed by atoms with Crippen LogP contribution < -0.4 is 15.4 Å². The molecule has 1 aliphatic carbocycles. The van der Waals surface area contributed by atoms with Gasteiger partial charge in [0.25, 0.3) is 0 Å². The van der Waals surface area contributed by atoms with Crippen molar-refractivity contribution in [3.05, 3.63) is 24.3 Å². The van der Waals surface area contributed by atoms with Gasteiger partial charge < -0.3 is 10.1 Å². The normalized spacial score (nSPS) is 14.8. The van der Waals surface area contributed by atoms with Crippen LogP contribution in [0.5, 0.6) is 5.75 Å². The van der Waals surface area contributed by atoms with E-state index in [-0.39, 0.29) is 23.4 Å². The fraction of sp³-hybridized carbons (Fsp3) is 0.579. The molecule has 156 valence electrons. The van der Waals surface area contributed by atoms with Gasteiger partial charge in [-0.1, -0.05) is 18.9 Å². The van der Waals surface area contributed by atoms with Crippen LogP contribution in [-0.2, 0) is 14.6 Å². The molecule has 0 radical (unpaired) electrons. The van der Waals surface area contributed by atoms with Crippen molar-refractivity contribution in [2.45, 2.75) is 43.0 Å². The Morgan fingerprint density at radius 2 is 1.96 bits per heavy atom. The number of sulfone groups is 1. The van der Waals surface area contributed by atoms with Crippen molar-refractivity contribution < 1.29 is 22.7 Å². The van der Waals surface area contributed by atoms with Crippen LogP contribution in [0.1, 0.15) is 32.1 Å². The summed E-state index contributed by atoms with van der Waals surface area (Å²) in [4.78, 5) is 25.7. The Bertz CT molecular complexity index is 776. The summed E-state index contributed by atoms with van der Waals surface area (Å²) in [6, 6.07) is 6.10. The van der Waals surface area contributed by atoms with Crippen molar-refractivity contribution in [3.63, 3.8) is 0 Å². The highest BCUT2D eigenvalue weighted by Gasteiger charge is 2.18. The zero-order valence-electron chi connectivity index (χ0n) is 16.4. The summed E-state index contributed by atoms with van der Waals surface area (Å²) < 4.78 is 28.7. The molecule has 0 heterocycles. The molecule has 9 heteroatoms. The molecule has 0 unspecified atom stereocenters. The summed E-state index contributed by atoms with van der Waals surface area (Å²) in [5.41, 5.74) is 0. The number of urea groups is 1. The van der Waals surface area contributed by atoms with E-state index in [1.54, 1.807) is 24.1 Å². The topological polar surface area (TPSA) is 105 Å². The minimum atomic E-state index is -3.27. The summed E-state index contributed by atoms with van der Waals surface area (Å²) in [5, 5.41) is 5.17. The first-order valence-electron chi connectivity index (χ1n) is 9.46. The number of imide groups is 1. The molecule has 0 aromatic heterocycles. The number of ether oxygens (including phenoxy) is 1. The molecule has 28 heavy (non-hydrogen) atoms. The third kappa shape index (κ3) is 7.85. The average Bonchev–Trinajstić information content (AvgIpc) is 3.11. The Morgan fingerprint density at radius 3 is 2.64 bits per heavy atom. The first-order chi connectivity index (χ1) is 13.2. The molecule has 1 aromatic rings. The van der Waals surface area contributed by atoms with Crippen LogP contribution in [0.15, 0.2) is 29.2 Å². The molecule has 0 aliphatic heterocycles. The van der Waals surface area contributed by atoms with Gasteiger partial charge in [0.2, 0.25) is 5.91 Å². The molecule has 2 rings (SSSR count). The fourth-order valence-electron chi connectivity index (χ4n) is 3.10. The van der Waals surface area contributed by atoms with Crippen molar-refractivity contribution in [2.75, 3.05) is 33.0 Å². The molecule has 0 saturated heterocycles. The van der Waals surface area contributed by atoms with Crippen molar-refractivity contribution in [2.24, 2.45) is 0 Å². The molecular weight excluding hydrogens is 382 g/mol. The Balaban J connectivity index is 1.63. The van der Waals surface area contributed by atoms with E-state index in [0.717, 1.165) is 31.9 Å². The summed E-state index contributed by atoms with van der Waals surface area (Å²) in [6.07, 6.45) is 5.97. The summed E-state index contributed by atoms with van der Waals surface area (Å²) in [5.74, 6) is 0.145. The van der Waals surface area contributed by atoms with Crippen molar-refractivity contribution in [1.29, 1.82) is 0 Å². The van der Waals surface area contributed by atoms with Gasteiger partial charge in [-0.3, -0.25) is 15.0 Å². The maximum absolute atomic E-state index is 11.9. The van der Waals surface area contributed by atoms with Crippen LogP contribution in [0.25, 0.3) is 0 Å². The van der Waals surface area contributed by atoms with Gasteiger partial charge in [0.15, 0.2) is 9.84 Å². The molecule has 3 amide bonds. The minimum absolute atomic E-state index is 0.113. The van der Waals surface area contributed by atoms with Gasteiger partial charge in [-0.05, 0) is 44.5 Å². The average molecular weight is 412 g/mol. The Morgan fingerprint density at radius 1 is 1.25 bits per heavy atom. The molecular formula is C19H29N3O5S. The van der Waals surface area contributed by atoms with E-state index in [1.807, 2.05) is 0 Å². The SMILES string of the molecule is CN(CCCOc1cccc(S(C)(=O)=O)c1)CC(=O)NC(=O)NC1CCCC1. The smallest absolute Gasteiger partial charge is 0.321 e. The Kier molecular flexibility index (Phi) is 8.25. The predicted octanol–water partition coefficient (Wildman–Crippen LogP) is 1.56. The monoisotopic (exact) mass is 411 g/mol. The van der Waals surface area contributed by atoms with E-state index in [2.05, 4.69) is 10.6 Å². The van der Waals surface area contributed by atoms with Crippen molar-refractivity contribution in [3.8, 4) is 5.75 Å². The maximum atomic E-state index is 11.9. The van der Waals surface area contributed by atoms with Gasteiger partial charge in [-0.15, -0.1) is 0 Å². The van der Waals surface area contributed by atoms with Crippen LogP contribution in [0.3, 0.4) is 0 Å². The maximum Gasteiger partial charge on any atom is 0.321 e. The molecule has 0 spiro atoms. The number of likely N-dealkylation sites (N-methyl/N-ethyl adjacent to an activating group) is 1. The van der Waals surface area contributed by atoms with E-state index in [0.29, 0.717) is 25.3 Å². The molecule has 0 bridgehead atoms. The van der Waals surface area contributed by atoms with E-state index < -0.39 is 15.9 Å².